The zero-order valence-electron chi connectivity index (χ0n) is 9.98. The highest BCUT2D eigenvalue weighted by molar-refractivity contribution is 5.87. The van der Waals surface area contributed by atoms with Crippen LogP contribution < -0.4 is 11.5 Å². The van der Waals surface area contributed by atoms with Gasteiger partial charge in [-0.2, -0.15) is 0 Å². The highest BCUT2D eigenvalue weighted by atomic mass is 16.2. The van der Waals surface area contributed by atoms with E-state index < -0.39 is 11.9 Å². The van der Waals surface area contributed by atoms with E-state index in [2.05, 4.69) is 0 Å². The molecular formula is C11H21N3O2. The SMILES string of the molecule is CC(C)C(N)CC(=O)N1CCCC1C(N)=O. The number of amides is 2. The van der Waals surface area contributed by atoms with Crippen molar-refractivity contribution in [2.75, 3.05) is 6.54 Å². The van der Waals surface area contributed by atoms with E-state index in [0.717, 1.165) is 6.42 Å². The van der Waals surface area contributed by atoms with Gasteiger partial charge in [-0.1, -0.05) is 13.8 Å². The number of nitrogens with zero attached hydrogens (tertiary/aromatic N) is 1. The lowest BCUT2D eigenvalue weighted by molar-refractivity contribution is -0.137. The van der Waals surface area contributed by atoms with Gasteiger partial charge in [0.15, 0.2) is 0 Å². The first-order valence-corrected chi connectivity index (χ1v) is 5.78. The van der Waals surface area contributed by atoms with Gasteiger partial charge in [-0.25, -0.2) is 0 Å². The summed E-state index contributed by atoms with van der Waals surface area (Å²) in [5.41, 5.74) is 11.1. The lowest BCUT2D eigenvalue weighted by Crippen LogP contribution is -2.45. The van der Waals surface area contributed by atoms with Crippen molar-refractivity contribution in [1.82, 2.24) is 4.90 Å². The molecule has 92 valence electrons. The number of carbonyl (C=O) groups excluding carboxylic acids is 2. The summed E-state index contributed by atoms with van der Waals surface area (Å²) >= 11 is 0. The third kappa shape index (κ3) is 2.95. The molecule has 2 amide bonds. The van der Waals surface area contributed by atoms with E-state index in [1.165, 1.54) is 0 Å². The summed E-state index contributed by atoms with van der Waals surface area (Å²) in [4.78, 5) is 24.6. The van der Waals surface area contributed by atoms with Crippen LogP contribution in [-0.2, 0) is 9.59 Å². The molecule has 0 aliphatic carbocycles. The van der Waals surface area contributed by atoms with E-state index in [1.807, 2.05) is 13.8 Å². The monoisotopic (exact) mass is 227 g/mol. The number of likely N-dealkylation sites (tertiary alicyclic amines) is 1. The quantitative estimate of drug-likeness (QED) is 0.699. The lowest BCUT2D eigenvalue weighted by Gasteiger charge is -2.24. The van der Waals surface area contributed by atoms with Crippen LogP contribution in [0.1, 0.15) is 33.1 Å². The van der Waals surface area contributed by atoms with Crippen LogP contribution in [0.15, 0.2) is 0 Å². The van der Waals surface area contributed by atoms with Gasteiger partial charge in [-0.3, -0.25) is 9.59 Å². The van der Waals surface area contributed by atoms with Crippen LogP contribution in [0.25, 0.3) is 0 Å². The fourth-order valence-electron chi connectivity index (χ4n) is 1.92. The molecule has 1 rings (SSSR count). The van der Waals surface area contributed by atoms with Crippen LogP contribution in [0.5, 0.6) is 0 Å². The van der Waals surface area contributed by atoms with Crippen LogP contribution in [0.4, 0.5) is 0 Å². The summed E-state index contributed by atoms with van der Waals surface area (Å²) in [6.07, 6.45) is 1.82. The van der Waals surface area contributed by atoms with Gasteiger partial charge in [-0.15, -0.1) is 0 Å². The Morgan fingerprint density at radius 3 is 2.56 bits per heavy atom. The fraction of sp³-hybridized carbons (Fsp3) is 0.818. The van der Waals surface area contributed by atoms with E-state index >= 15 is 0 Å². The number of carbonyl (C=O) groups is 2. The topological polar surface area (TPSA) is 89.4 Å². The first-order chi connectivity index (χ1) is 7.43. The van der Waals surface area contributed by atoms with Crippen molar-refractivity contribution < 1.29 is 9.59 Å². The third-order valence-corrected chi connectivity index (χ3v) is 3.17. The zero-order valence-corrected chi connectivity index (χ0v) is 9.98. The van der Waals surface area contributed by atoms with Crippen molar-refractivity contribution in [1.29, 1.82) is 0 Å². The summed E-state index contributed by atoms with van der Waals surface area (Å²) in [6, 6.07) is -0.575. The molecule has 4 N–H and O–H groups in total. The molecule has 1 heterocycles. The minimum Gasteiger partial charge on any atom is -0.368 e. The Morgan fingerprint density at radius 1 is 1.44 bits per heavy atom. The maximum atomic E-state index is 11.9. The summed E-state index contributed by atoms with van der Waals surface area (Å²) < 4.78 is 0. The van der Waals surface area contributed by atoms with Crippen molar-refractivity contribution in [3.8, 4) is 0 Å². The van der Waals surface area contributed by atoms with E-state index in [0.29, 0.717) is 19.4 Å². The average molecular weight is 227 g/mol. The highest BCUT2D eigenvalue weighted by Gasteiger charge is 2.33. The van der Waals surface area contributed by atoms with Crippen molar-refractivity contribution in [2.24, 2.45) is 17.4 Å². The predicted octanol–water partition coefficient (Wildman–Crippen LogP) is -0.164. The van der Waals surface area contributed by atoms with Crippen molar-refractivity contribution in [3.63, 3.8) is 0 Å². The van der Waals surface area contributed by atoms with E-state index in [4.69, 9.17) is 11.5 Å². The van der Waals surface area contributed by atoms with Crippen LogP contribution in [0, 0.1) is 5.92 Å². The van der Waals surface area contributed by atoms with Gasteiger partial charge >= 0.3 is 0 Å². The molecule has 2 unspecified atom stereocenters. The second-order valence-corrected chi connectivity index (χ2v) is 4.76. The molecule has 1 saturated heterocycles. The number of hydrogen-bond donors (Lipinski definition) is 2. The lowest BCUT2D eigenvalue weighted by atomic mass is 10.0. The molecule has 0 saturated carbocycles. The normalized spacial score (nSPS) is 22.5. The Balaban J connectivity index is 2.56. The smallest absolute Gasteiger partial charge is 0.240 e. The molecular weight excluding hydrogens is 206 g/mol. The van der Waals surface area contributed by atoms with Crippen molar-refractivity contribution in [3.05, 3.63) is 0 Å². The Hall–Kier alpha value is -1.10. The largest absolute Gasteiger partial charge is 0.368 e. The van der Waals surface area contributed by atoms with Crippen LogP contribution >= 0.6 is 0 Å². The number of nitrogens with two attached hydrogens (primary N) is 2. The van der Waals surface area contributed by atoms with Crippen molar-refractivity contribution in [2.45, 2.75) is 45.2 Å². The van der Waals surface area contributed by atoms with Crippen molar-refractivity contribution >= 4 is 11.8 Å². The second-order valence-electron chi connectivity index (χ2n) is 4.76. The van der Waals surface area contributed by atoms with Gasteiger partial charge in [0.1, 0.15) is 6.04 Å². The maximum absolute atomic E-state index is 11.9. The predicted molar refractivity (Wildman–Crippen MR) is 61.4 cm³/mol. The zero-order chi connectivity index (χ0) is 12.3. The average Bonchev–Trinajstić information content (AvgIpc) is 2.65. The molecule has 0 aromatic carbocycles. The van der Waals surface area contributed by atoms with Gasteiger partial charge in [-0.05, 0) is 18.8 Å². The third-order valence-electron chi connectivity index (χ3n) is 3.17. The molecule has 0 radical (unpaired) electrons. The molecule has 1 aliphatic heterocycles. The molecule has 5 heteroatoms. The Kier molecular flexibility index (Phi) is 4.29. The Bertz CT molecular complexity index is 278. The number of primary amides is 1. The van der Waals surface area contributed by atoms with E-state index in [9.17, 15) is 9.59 Å². The Morgan fingerprint density at radius 2 is 2.06 bits per heavy atom. The molecule has 1 aliphatic rings. The van der Waals surface area contributed by atoms with Crippen LogP contribution in [-0.4, -0.2) is 35.3 Å². The molecule has 0 aromatic rings. The standard InChI is InChI=1S/C11H21N3O2/c1-7(2)8(12)6-10(15)14-5-3-4-9(14)11(13)16/h7-9H,3-6,12H2,1-2H3,(H2,13,16). The first kappa shape index (κ1) is 13.0. The molecule has 0 aromatic heterocycles. The summed E-state index contributed by atoms with van der Waals surface area (Å²) in [7, 11) is 0. The first-order valence-electron chi connectivity index (χ1n) is 5.78. The number of rotatable bonds is 4. The summed E-state index contributed by atoms with van der Waals surface area (Å²) in [5.74, 6) is -0.204. The van der Waals surface area contributed by atoms with Crippen LogP contribution in [0.2, 0.25) is 0 Å². The van der Waals surface area contributed by atoms with Gasteiger partial charge in [0, 0.05) is 19.0 Å². The fourth-order valence-corrected chi connectivity index (χ4v) is 1.92. The molecule has 1 fully saturated rings. The minimum absolute atomic E-state index is 0.0532. The molecule has 5 nitrogen and oxygen atoms in total. The molecule has 16 heavy (non-hydrogen) atoms. The Labute approximate surface area is 96.1 Å². The van der Waals surface area contributed by atoms with Gasteiger partial charge < -0.3 is 16.4 Å². The minimum atomic E-state index is -0.424. The van der Waals surface area contributed by atoms with Gasteiger partial charge in [0.2, 0.25) is 11.8 Å². The summed E-state index contributed by atoms with van der Waals surface area (Å²) in [6.45, 7) is 4.58. The molecule has 2 atom stereocenters. The molecule has 0 bridgehead atoms. The van der Waals surface area contributed by atoms with Gasteiger partial charge in [0.05, 0.1) is 0 Å². The molecule has 0 spiro atoms. The van der Waals surface area contributed by atoms with Gasteiger partial charge in [0.25, 0.3) is 0 Å². The van der Waals surface area contributed by atoms with E-state index in [1.54, 1.807) is 4.90 Å². The van der Waals surface area contributed by atoms with Crippen LogP contribution in [0.3, 0.4) is 0 Å². The maximum Gasteiger partial charge on any atom is 0.240 e. The summed E-state index contributed by atoms with van der Waals surface area (Å²) in [5, 5.41) is 0. The number of hydrogen-bond acceptors (Lipinski definition) is 3. The second kappa shape index (κ2) is 5.30. The highest BCUT2D eigenvalue weighted by Crippen LogP contribution is 2.19. The van der Waals surface area contributed by atoms with E-state index in [-0.39, 0.29) is 17.9 Å².